The van der Waals surface area contributed by atoms with Crippen molar-refractivity contribution < 1.29 is 9.72 Å². The van der Waals surface area contributed by atoms with Crippen LogP contribution in [0.3, 0.4) is 0 Å². The second-order valence-corrected chi connectivity index (χ2v) is 3.36. The summed E-state index contributed by atoms with van der Waals surface area (Å²) >= 11 is 0. The summed E-state index contributed by atoms with van der Waals surface area (Å²) in [5, 5.41) is 12.3. The van der Waals surface area contributed by atoms with Gasteiger partial charge in [0.05, 0.1) is 4.92 Å². The summed E-state index contributed by atoms with van der Waals surface area (Å²) < 4.78 is 0. The molecule has 1 aromatic rings. The number of amides is 1. The minimum absolute atomic E-state index is 0.107. The fourth-order valence-electron chi connectivity index (χ4n) is 1.17. The maximum absolute atomic E-state index is 10.9. The van der Waals surface area contributed by atoms with Gasteiger partial charge in [-0.05, 0) is 12.1 Å². The molecule has 1 rings (SSSR count). The number of benzene rings is 1. The molecule has 1 aromatic carbocycles. The lowest BCUT2D eigenvalue weighted by Crippen LogP contribution is -2.20. The van der Waals surface area contributed by atoms with Crippen molar-refractivity contribution in [2.45, 2.75) is 0 Å². The smallest absolute Gasteiger partial charge is 0.294 e. The van der Waals surface area contributed by atoms with E-state index < -0.39 is 10.8 Å². The first-order valence-corrected chi connectivity index (χ1v) is 4.44. The maximum Gasteiger partial charge on any atom is 0.294 e. The van der Waals surface area contributed by atoms with Crippen LogP contribution in [0.25, 0.3) is 0 Å². The Morgan fingerprint density at radius 1 is 1.50 bits per heavy atom. The number of primary amides is 1. The number of hydrogen-bond acceptors (Lipinski definition) is 5. The Bertz CT molecular complexity index is 431. The Kier molecular flexibility index (Phi) is 3.41. The molecule has 0 fully saturated rings. The molecule has 7 nitrogen and oxygen atoms in total. The summed E-state index contributed by atoms with van der Waals surface area (Å²) in [6.45, 7) is 0. The van der Waals surface area contributed by atoms with Gasteiger partial charge in [-0.25, -0.2) is 5.01 Å². The molecule has 0 aliphatic carbocycles. The first-order chi connectivity index (χ1) is 7.41. The van der Waals surface area contributed by atoms with E-state index in [2.05, 4.69) is 5.43 Å². The molecular weight excluding hydrogens is 212 g/mol. The summed E-state index contributed by atoms with van der Waals surface area (Å²) in [6.07, 6.45) is 0. The third kappa shape index (κ3) is 2.67. The highest BCUT2D eigenvalue weighted by Gasteiger charge is 2.16. The van der Waals surface area contributed by atoms with E-state index in [4.69, 9.17) is 5.73 Å². The fourth-order valence-corrected chi connectivity index (χ4v) is 1.17. The number of hydrazine groups is 1. The average molecular weight is 224 g/mol. The summed E-state index contributed by atoms with van der Waals surface area (Å²) in [5.41, 5.74) is 8.03. The first-order valence-electron chi connectivity index (χ1n) is 4.44. The SMILES string of the molecule is CN(C)Nc1ccc(C(N)=O)cc1[N+](=O)[O-]. The zero-order chi connectivity index (χ0) is 12.3. The highest BCUT2D eigenvalue weighted by molar-refractivity contribution is 5.94. The van der Waals surface area contributed by atoms with Crippen LogP contribution < -0.4 is 11.2 Å². The number of rotatable bonds is 4. The minimum Gasteiger partial charge on any atom is -0.366 e. The number of nitro groups is 1. The Hall–Kier alpha value is -2.15. The second kappa shape index (κ2) is 4.58. The number of anilines is 1. The van der Waals surface area contributed by atoms with Crippen molar-refractivity contribution in [2.75, 3.05) is 19.5 Å². The van der Waals surface area contributed by atoms with Crippen LogP contribution in [0.15, 0.2) is 18.2 Å². The van der Waals surface area contributed by atoms with Crippen LogP contribution in [-0.2, 0) is 0 Å². The molecule has 0 heterocycles. The quantitative estimate of drug-likeness (QED) is 0.575. The summed E-state index contributed by atoms with van der Waals surface area (Å²) in [4.78, 5) is 21.1. The molecule has 86 valence electrons. The molecule has 1 amide bonds. The molecule has 0 saturated carbocycles. The number of carbonyl (C=O) groups excluding carboxylic acids is 1. The summed E-state index contributed by atoms with van der Waals surface area (Å²) in [5.74, 6) is -0.695. The Balaban J connectivity index is 3.19. The van der Waals surface area contributed by atoms with Crippen molar-refractivity contribution in [3.8, 4) is 0 Å². The van der Waals surface area contributed by atoms with Crippen molar-refractivity contribution in [2.24, 2.45) is 5.73 Å². The molecule has 0 atom stereocenters. The van der Waals surface area contributed by atoms with Gasteiger partial charge < -0.3 is 11.2 Å². The highest BCUT2D eigenvalue weighted by Crippen LogP contribution is 2.25. The topological polar surface area (TPSA) is 102 Å². The Morgan fingerprint density at radius 3 is 2.56 bits per heavy atom. The van der Waals surface area contributed by atoms with E-state index in [9.17, 15) is 14.9 Å². The lowest BCUT2D eigenvalue weighted by Gasteiger charge is -2.13. The van der Waals surface area contributed by atoms with Crippen LogP contribution in [-0.4, -0.2) is 29.9 Å². The normalized spacial score (nSPS) is 10.2. The van der Waals surface area contributed by atoms with Crippen molar-refractivity contribution in [1.82, 2.24) is 5.01 Å². The number of nitrogens with one attached hydrogen (secondary N) is 1. The summed E-state index contributed by atoms with van der Waals surface area (Å²) in [7, 11) is 3.40. The molecular formula is C9H12N4O3. The number of hydrogen-bond donors (Lipinski definition) is 2. The van der Waals surface area contributed by atoms with Gasteiger partial charge in [-0.15, -0.1) is 0 Å². The molecule has 0 unspecified atom stereocenters. The van der Waals surface area contributed by atoms with E-state index in [0.29, 0.717) is 5.69 Å². The van der Waals surface area contributed by atoms with Crippen LogP contribution in [0.2, 0.25) is 0 Å². The molecule has 16 heavy (non-hydrogen) atoms. The van der Waals surface area contributed by atoms with Gasteiger partial charge in [-0.2, -0.15) is 0 Å². The van der Waals surface area contributed by atoms with Crippen molar-refractivity contribution in [3.63, 3.8) is 0 Å². The lowest BCUT2D eigenvalue weighted by atomic mass is 10.1. The van der Waals surface area contributed by atoms with Gasteiger partial charge in [-0.1, -0.05) is 0 Å². The van der Waals surface area contributed by atoms with Gasteiger partial charge in [0, 0.05) is 25.7 Å². The van der Waals surface area contributed by atoms with Crippen LogP contribution in [0.5, 0.6) is 0 Å². The van der Waals surface area contributed by atoms with Crippen molar-refractivity contribution >= 4 is 17.3 Å². The zero-order valence-corrected chi connectivity index (χ0v) is 8.93. The zero-order valence-electron chi connectivity index (χ0n) is 8.93. The second-order valence-electron chi connectivity index (χ2n) is 3.36. The van der Waals surface area contributed by atoms with E-state index in [-0.39, 0.29) is 11.3 Å². The molecule has 0 aliphatic rings. The van der Waals surface area contributed by atoms with Gasteiger partial charge in [0.25, 0.3) is 5.69 Å². The van der Waals surface area contributed by atoms with E-state index >= 15 is 0 Å². The van der Waals surface area contributed by atoms with Crippen LogP contribution in [0, 0.1) is 10.1 Å². The molecule has 0 spiro atoms. The van der Waals surface area contributed by atoms with E-state index in [1.54, 1.807) is 19.1 Å². The molecule has 7 heteroatoms. The minimum atomic E-state index is -0.695. The van der Waals surface area contributed by atoms with Gasteiger partial charge in [0.1, 0.15) is 5.69 Å². The molecule has 0 bridgehead atoms. The van der Waals surface area contributed by atoms with Crippen LogP contribution in [0.1, 0.15) is 10.4 Å². The monoisotopic (exact) mass is 224 g/mol. The van der Waals surface area contributed by atoms with Gasteiger partial charge in [0.15, 0.2) is 0 Å². The third-order valence-corrected chi connectivity index (χ3v) is 1.82. The van der Waals surface area contributed by atoms with Crippen LogP contribution in [0.4, 0.5) is 11.4 Å². The van der Waals surface area contributed by atoms with E-state index in [1.807, 2.05) is 0 Å². The van der Waals surface area contributed by atoms with Gasteiger partial charge in [0.2, 0.25) is 5.91 Å². The standard InChI is InChI=1S/C9H12N4O3/c1-12(2)11-7-4-3-6(9(10)14)5-8(7)13(15)16/h3-5,11H,1-2H3,(H2,10,14). The first kappa shape index (κ1) is 11.9. The van der Waals surface area contributed by atoms with Crippen LogP contribution >= 0.6 is 0 Å². The van der Waals surface area contributed by atoms with Crippen molar-refractivity contribution in [1.29, 1.82) is 0 Å². The number of nitrogens with zero attached hydrogens (tertiary/aromatic N) is 2. The molecule has 0 aliphatic heterocycles. The highest BCUT2D eigenvalue weighted by atomic mass is 16.6. The molecule has 0 saturated heterocycles. The number of carbonyl (C=O) groups is 1. The third-order valence-electron chi connectivity index (χ3n) is 1.82. The maximum atomic E-state index is 10.9. The molecule has 0 aromatic heterocycles. The number of nitrogens with two attached hydrogens (primary N) is 1. The molecule has 0 radical (unpaired) electrons. The average Bonchev–Trinajstić information content (AvgIpc) is 2.16. The lowest BCUT2D eigenvalue weighted by molar-refractivity contribution is -0.384. The number of nitro benzene ring substituents is 1. The molecule has 3 N–H and O–H groups in total. The van der Waals surface area contributed by atoms with Gasteiger partial charge >= 0.3 is 0 Å². The largest absolute Gasteiger partial charge is 0.366 e. The predicted octanol–water partition coefficient (Wildman–Crippen LogP) is 0.582. The van der Waals surface area contributed by atoms with E-state index in [1.165, 1.54) is 12.1 Å². The predicted molar refractivity (Wildman–Crippen MR) is 58.9 cm³/mol. The van der Waals surface area contributed by atoms with E-state index in [0.717, 1.165) is 6.07 Å². The fraction of sp³-hybridized carbons (Fsp3) is 0.222. The Labute approximate surface area is 92.0 Å². The summed E-state index contributed by atoms with van der Waals surface area (Å²) in [6, 6.07) is 4.02. The van der Waals surface area contributed by atoms with Crippen molar-refractivity contribution in [3.05, 3.63) is 33.9 Å². The van der Waals surface area contributed by atoms with Gasteiger partial charge in [-0.3, -0.25) is 14.9 Å². The Morgan fingerprint density at radius 2 is 2.12 bits per heavy atom.